The van der Waals surface area contributed by atoms with Gasteiger partial charge in [-0.25, -0.2) is 4.79 Å². The molecule has 110 valence electrons. The zero-order chi connectivity index (χ0) is 14.9. The summed E-state index contributed by atoms with van der Waals surface area (Å²) in [6, 6.07) is 7.54. The van der Waals surface area contributed by atoms with Gasteiger partial charge in [0.15, 0.2) is 0 Å². The van der Waals surface area contributed by atoms with Gasteiger partial charge in [-0.3, -0.25) is 0 Å². The summed E-state index contributed by atoms with van der Waals surface area (Å²) < 4.78 is 5.38. The summed E-state index contributed by atoms with van der Waals surface area (Å²) in [6.07, 6.45) is -0.301. The highest BCUT2D eigenvalue weighted by Gasteiger charge is 2.35. The van der Waals surface area contributed by atoms with E-state index in [1.165, 1.54) is 0 Å². The van der Waals surface area contributed by atoms with Gasteiger partial charge in [0.05, 0.1) is 0 Å². The van der Waals surface area contributed by atoms with Crippen LogP contribution < -0.4 is 5.73 Å². The van der Waals surface area contributed by atoms with E-state index in [0.717, 1.165) is 5.56 Å². The van der Waals surface area contributed by atoms with Crippen molar-refractivity contribution >= 4 is 17.7 Å². The molecule has 4 nitrogen and oxygen atoms in total. The zero-order valence-electron chi connectivity index (χ0n) is 12.1. The minimum absolute atomic E-state index is 0.0799. The van der Waals surface area contributed by atoms with Gasteiger partial charge in [0.2, 0.25) is 0 Å². The van der Waals surface area contributed by atoms with Gasteiger partial charge in [-0.15, -0.1) is 0 Å². The molecule has 1 aliphatic rings. The van der Waals surface area contributed by atoms with Crippen molar-refractivity contribution in [3.8, 4) is 0 Å². The van der Waals surface area contributed by atoms with E-state index >= 15 is 0 Å². The molecule has 2 rings (SSSR count). The molecular weight excluding hydrogens is 276 g/mol. The lowest BCUT2D eigenvalue weighted by Gasteiger charge is -2.24. The van der Waals surface area contributed by atoms with Gasteiger partial charge in [-0.1, -0.05) is 23.7 Å². The molecule has 1 saturated heterocycles. The molecule has 1 amide bonds. The Kier molecular flexibility index (Phi) is 4.25. The van der Waals surface area contributed by atoms with Crippen LogP contribution >= 0.6 is 11.6 Å². The second-order valence-corrected chi connectivity index (χ2v) is 6.64. The molecule has 0 radical (unpaired) electrons. The minimum Gasteiger partial charge on any atom is -0.444 e. The number of rotatable bonds is 1. The molecule has 20 heavy (non-hydrogen) atoms. The van der Waals surface area contributed by atoms with Gasteiger partial charge in [0.1, 0.15) is 5.60 Å². The molecule has 0 bridgehead atoms. The smallest absolute Gasteiger partial charge is 0.410 e. The molecule has 2 atom stereocenters. The standard InChI is InChI=1S/C15H21ClN2O2/c1-15(2,3)20-14(19)18-8-12(13(17)9-18)10-4-6-11(16)7-5-10/h4-7,12-13H,8-9,17H2,1-3H3/t12-,13?/m0/s1. The maximum atomic E-state index is 12.1. The van der Waals surface area contributed by atoms with Crippen LogP contribution in [-0.2, 0) is 4.74 Å². The molecule has 0 aromatic heterocycles. The Morgan fingerprint density at radius 1 is 1.30 bits per heavy atom. The SMILES string of the molecule is CC(C)(C)OC(=O)N1CC(N)[C@H](c2ccc(Cl)cc2)C1. The Bertz CT molecular complexity index is 482. The molecular formula is C15H21ClN2O2. The first-order valence-electron chi connectivity index (χ1n) is 6.75. The maximum absolute atomic E-state index is 12.1. The lowest BCUT2D eigenvalue weighted by atomic mass is 9.95. The van der Waals surface area contributed by atoms with Crippen LogP contribution in [0.5, 0.6) is 0 Å². The van der Waals surface area contributed by atoms with E-state index in [1.54, 1.807) is 4.90 Å². The van der Waals surface area contributed by atoms with Gasteiger partial charge in [0, 0.05) is 30.1 Å². The Morgan fingerprint density at radius 2 is 1.90 bits per heavy atom. The predicted molar refractivity (Wildman–Crippen MR) is 80.0 cm³/mol. The van der Waals surface area contributed by atoms with Crippen molar-refractivity contribution in [3.63, 3.8) is 0 Å². The third-order valence-electron chi connectivity index (χ3n) is 3.31. The molecule has 0 spiro atoms. The molecule has 5 heteroatoms. The monoisotopic (exact) mass is 296 g/mol. The predicted octanol–water partition coefficient (Wildman–Crippen LogP) is 3.00. The van der Waals surface area contributed by atoms with Crippen molar-refractivity contribution in [2.45, 2.75) is 38.3 Å². The zero-order valence-corrected chi connectivity index (χ0v) is 12.9. The second-order valence-electron chi connectivity index (χ2n) is 6.21. The minimum atomic E-state index is -0.487. The topological polar surface area (TPSA) is 55.6 Å². The van der Waals surface area contributed by atoms with Crippen LogP contribution in [0.3, 0.4) is 0 Å². The average Bonchev–Trinajstić information content (AvgIpc) is 2.70. The van der Waals surface area contributed by atoms with Gasteiger partial charge in [-0.2, -0.15) is 0 Å². The van der Waals surface area contributed by atoms with Crippen molar-refractivity contribution in [2.75, 3.05) is 13.1 Å². The fraction of sp³-hybridized carbons (Fsp3) is 0.533. The number of amides is 1. The average molecular weight is 297 g/mol. The van der Waals surface area contributed by atoms with Crippen LogP contribution in [0, 0.1) is 0 Å². The van der Waals surface area contributed by atoms with Crippen LogP contribution in [0.15, 0.2) is 24.3 Å². The number of ether oxygens (including phenoxy) is 1. The van der Waals surface area contributed by atoms with Crippen molar-refractivity contribution in [1.29, 1.82) is 0 Å². The highest BCUT2D eigenvalue weighted by Crippen LogP contribution is 2.28. The third-order valence-corrected chi connectivity index (χ3v) is 3.57. The number of hydrogen-bond donors (Lipinski definition) is 1. The number of hydrogen-bond acceptors (Lipinski definition) is 3. The molecule has 1 heterocycles. The number of nitrogens with two attached hydrogens (primary N) is 1. The molecule has 1 aromatic rings. The highest BCUT2D eigenvalue weighted by molar-refractivity contribution is 6.30. The summed E-state index contributed by atoms with van der Waals surface area (Å²) in [6.45, 7) is 6.67. The number of nitrogens with zero attached hydrogens (tertiary/aromatic N) is 1. The first kappa shape index (κ1) is 15.1. The van der Waals surface area contributed by atoms with Crippen LogP contribution in [0.25, 0.3) is 0 Å². The van der Waals surface area contributed by atoms with E-state index in [-0.39, 0.29) is 18.1 Å². The highest BCUT2D eigenvalue weighted by atomic mass is 35.5. The molecule has 1 unspecified atom stereocenters. The Balaban J connectivity index is 2.05. The van der Waals surface area contributed by atoms with Crippen molar-refractivity contribution in [1.82, 2.24) is 4.90 Å². The van der Waals surface area contributed by atoms with Crippen molar-refractivity contribution < 1.29 is 9.53 Å². The number of carbonyl (C=O) groups excluding carboxylic acids is 1. The van der Waals surface area contributed by atoms with Crippen LogP contribution in [0.4, 0.5) is 4.79 Å². The Hall–Kier alpha value is -1.26. The van der Waals surface area contributed by atoms with E-state index < -0.39 is 5.60 Å². The van der Waals surface area contributed by atoms with Gasteiger partial charge < -0.3 is 15.4 Å². The normalized spacial score (nSPS) is 22.9. The number of benzene rings is 1. The second kappa shape index (κ2) is 5.62. The maximum Gasteiger partial charge on any atom is 0.410 e. The largest absolute Gasteiger partial charge is 0.444 e. The van der Waals surface area contributed by atoms with E-state index in [2.05, 4.69) is 0 Å². The van der Waals surface area contributed by atoms with Crippen LogP contribution in [0.2, 0.25) is 5.02 Å². The summed E-state index contributed by atoms with van der Waals surface area (Å²) in [5.74, 6) is 0.125. The first-order chi connectivity index (χ1) is 9.26. The van der Waals surface area contributed by atoms with E-state index in [9.17, 15) is 4.79 Å². The van der Waals surface area contributed by atoms with E-state index in [4.69, 9.17) is 22.1 Å². The quantitative estimate of drug-likeness (QED) is 0.867. The number of carbonyl (C=O) groups is 1. The fourth-order valence-corrected chi connectivity index (χ4v) is 2.49. The summed E-state index contributed by atoms with van der Waals surface area (Å²) in [7, 11) is 0. The summed E-state index contributed by atoms with van der Waals surface area (Å²) in [5.41, 5.74) is 6.78. The number of likely N-dealkylation sites (tertiary alicyclic amines) is 1. The first-order valence-corrected chi connectivity index (χ1v) is 7.13. The number of halogens is 1. The van der Waals surface area contributed by atoms with Crippen molar-refractivity contribution in [3.05, 3.63) is 34.9 Å². The molecule has 1 fully saturated rings. The summed E-state index contributed by atoms with van der Waals surface area (Å²) >= 11 is 5.89. The summed E-state index contributed by atoms with van der Waals surface area (Å²) in [4.78, 5) is 13.7. The summed E-state index contributed by atoms with van der Waals surface area (Å²) in [5, 5.41) is 0.698. The molecule has 1 aromatic carbocycles. The van der Waals surface area contributed by atoms with Gasteiger partial charge in [0.25, 0.3) is 0 Å². The van der Waals surface area contributed by atoms with E-state index in [0.29, 0.717) is 18.1 Å². The molecule has 0 aliphatic carbocycles. The lowest BCUT2D eigenvalue weighted by molar-refractivity contribution is 0.0290. The van der Waals surface area contributed by atoms with Crippen molar-refractivity contribution in [2.24, 2.45) is 5.73 Å². The fourth-order valence-electron chi connectivity index (χ4n) is 2.37. The van der Waals surface area contributed by atoms with Crippen LogP contribution in [-0.4, -0.2) is 35.7 Å². The van der Waals surface area contributed by atoms with E-state index in [1.807, 2.05) is 45.0 Å². The Labute approximate surface area is 124 Å². The molecule has 2 N–H and O–H groups in total. The third kappa shape index (κ3) is 3.64. The van der Waals surface area contributed by atoms with Crippen LogP contribution in [0.1, 0.15) is 32.3 Å². The van der Waals surface area contributed by atoms with Gasteiger partial charge in [-0.05, 0) is 38.5 Å². The molecule has 1 aliphatic heterocycles. The van der Waals surface area contributed by atoms with Gasteiger partial charge >= 0.3 is 6.09 Å². The Morgan fingerprint density at radius 3 is 2.45 bits per heavy atom. The lowest BCUT2D eigenvalue weighted by Crippen LogP contribution is -2.36. The molecule has 0 saturated carbocycles.